The smallest absolute Gasteiger partial charge is 0.314 e. The van der Waals surface area contributed by atoms with Crippen LogP contribution in [0.25, 0.3) is 10.9 Å². The third-order valence-corrected chi connectivity index (χ3v) is 2.85. The summed E-state index contributed by atoms with van der Waals surface area (Å²) in [6.07, 6.45) is 3.73. The minimum Gasteiger partial charge on any atom is -0.361 e. The van der Waals surface area contributed by atoms with Crippen LogP contribution in [-0.4, -0.2) is 24.1 Å². The molecule has 3 N–H and O–H groups in total. The van der Waals surface area contributed by atoms with Crippen LogP contribution in [0.3, 0.4) is 0 Å². The van der Waals surface area contributed by atoms with Gasteiger partial charge in [-0.3, -0.25) is 0 Å². The third-order valence-electron chi connectivity index (χ3n) is 2.85. The van der Waals surface area contributed by atoms with E-state index in [1.54, 1.807) is 0 Å². The number of carbonyl (C=O) groups excluding carboxylic acids is 1. The molecule has 0 aliphatic rings. The van der Waals surface area contributed by atoms with Crippen molar-refractivity contribution in [3.8, 4) is 0 Å². The highest BCUT2D eigenvalue weighted by molar-refractivity contribution is 5.79. The molecule has 0 aliphatic heterocycles. The highest BCUT2D eigenvalue weighted by Gasteiger charge is 2.00. The number of urea groups is 1. The number of aromatic nitrogens is 1. The molecule has 0 saturated heterocycles. The van der Waals surface area contributed by atoms with Gasteiger partial charge in [-0.25, -0.2) is 4.79 Å². The highest BCUT2D eigenvalue weighted by Crippen LogP contribution is 2.14. The summed E-state index contributed by atoms with van der Waals surface area (Å²) in [5, 5.41) is 6.85. The molecular formula is C14H19N3O. The van der Waals surface area contributed by atoms with E-state index in [0.717, 1.165) is 24.9 Å². The number of nitrogens with one attached hydrogen (secondary N) is 3. The Bertz CT molecular complexity index is 518. The summed E-state index contributed by atoms with van der Waals surface area (Å²) in [5.41, 5.74) is 2.36. The number of H-pyrrole nitrogens is 1. The zero-order valence-electron chi connectivity index (χ0n) is 10.6. The Hall–Kier alpha value is -1.97. The number of amides is 2. The summed E-state index contributed by atoms with van der Waals surface area (Å²) in [4.78, 5) is 14.5. The molecule has 0 atom stereocenters. The fourth-order valence-electron chi connectivity index (χ4n) is 1.87. The van der Waals surface area contributed by atoms with Crippen molar-refractivity contribution in [1.29, 1.82) is 0 Å². The Morgan fingerprint density at radius 3 is 2.89 bits per heavy atom. The molecule has 0 saturated carbocycles. The molecule has 0 fully saturated rings. The molecule has 2 amide bonds. The second-order valence-electron chi connectivity index (χ2n) is 4.33. The van der Waals surface area contributed by atoms with Gasteiger partial charge < -0.3 is 15.6 Å². The molecule has 1 aromatic heterocycles. The standard InChI is InChI=1S/C14H19N3O/c1-2-7-16-14(18)17-8-5-11-3-4-12-6-9-15-13(12)10-11/h3-4,6,9-10,15H,2,5,7-8H2,1H3,(H2,16,17,18). The van der Waals surface area contributed by atoms with E-state index < -0.39 is 0 Å². The maximum Gasteiger partial charge on any atom is 0.314 e. The first-order valence-corrected chi connectivity index (χ1v) is 6.37. The number of carbonyl (C=O) groups is 1. The first-order valence-electron chi connectivity index (χ1n) is 6.37. The molecule has 2 rings (SSSR count). The molecular weight excluding hydrogens is 226 g/mol. The third kappa shape index (κ3) is 3.26. The van der Waals surface area contributed by atoms with E-state index in [1.807, 2.05) is 13.1 Å². The molecule has 96 valence electrons. The highest BCUT2D eigenvalue weighted by atomic mass is 16.2. The Morgan fingerprint density at radius 1 is 1.22 bits per heavy atom. The minimum atomic E-state index is -0.0854. The van der Waals surface area contributed by atoms with Crippen LogP contribution in [0.4, 0.5) is 4.79 Å². The summed E-state index contributed by atoms with van der Waals surface area (Å²) < 4.78 is 0. The Morgan fingerprint density at radius 2 is 2.06 bits per heavy atom. The van der Waals surface area contributed by atoms with Crippen LogP contribution in [0.1, 0.15) is 18.9 Å². The number of rotatable bonds is 5. The lowest BCUT2D eigenvalue weighted by molar-refractivity contribution is 0.241. The summed E-state index contributed by atoms with van der Waals surface area (Å²) in [5.74, 6) is 0. The van der Waals surface area contributed by atoms with Crippen molar-refractivity contribution in [2.75, 3.05) is 13.1 Å². The van der Waals surface area contributed by atoms with E-state index in [9.17, 15) is 4.79 Å². The summed E-state index contributed by atoms with van der Waals surface area (Å²) >= 11 is 0. The van der Waals surface area contributed by atoms with Gasteiger partial charge in [0.1, 0.15) is 0 Å². The largest absolute Gasteiger partial charge is 0.361 e. The van der Waals surface area contributed by atoms with Gasteiger partial charge in [0.15, 0.2) is 0 Å². The van der Waals surface area contributed by atoms with Gasteiger partial charge in [0, 0.05) is 24.8 Å². The molecule has 4 heteroatoms. The van der Waals surface area contributed by atoms with Crippen molar-refractivity contribution in [1.82, 2.24) is 15.6 Å². The zero-order valence-corrected chi connectivity index (χ0v) is 10.6. The molecule has 4 nitrogen and oxygen atoms in total. The van der Waals surface area contributed by atoms with E-state index >= 15 is 0 Å². The summed E-state index contributed by atoms with van der Waals surface area (Å²) in [7, 11) is 0. The fourth-order valence-corrected chi connectivity index (χ4v) is 1.87. The molecule has 0 unspecified atom stereocenters. The van der Waals surface area contributed by atoms with Gasteiger partial charge in [0.2, 0.25) is 0 Å². The second-order valence-corrected chi connectivity index (χ2v) is 4.33. The monoisotopic (exact) mass is 245 g/mol. The van der Waals surface area contributed by atoms with Crippen LogP contribution in [0.2, 0.25) is 0 Å². The average molecular weight is 245 g/mol. The molecule has 18 heavy (non-hydrogen) atoms. The summed E-state index contributed by atoms with van der Waals surface area (Å²) in [6.45, 7) is 3.41. The zero-order chi connectivity index (χ0) is 12.8. The van der Waals surface area contributed by atoms with E-state index in [-0.39, 0.29) is 6.03 Å². The molecule has 0 spiro atoms. The van der Waals surface area contributed by atoms with Gasteiger partial charge in [-0.1, -0.05) is 19.1 Å². The van der Waals surface area contributed by atoms with E-state index in [2.05, 4.69) is 39.9 Å². The lowest BCUT2D eigenvalue weighted by Crippen LogP contribution is -2.36. The van der Waals surface area contributed by atoms with Crippen molar-refractivity contribution in [2.24, 2.45) is 0 Å². The van der Waals surface area contributed by atoms with Crippen LogP contribution in [-0.2, 0) is 6.42 Å². The molecule has 0 aliphatic carbocycles. The number of benzene rings is 1. The molecule has 0 bridgehead atoms. The predicted octanol–water partition coefficient (Wildman–Crippen LogP) is 2.42. The Kier molecular flexibility index (Phi) is 4.23. The number of fused-ring (bicyclic) bond motifs is 1. The lowest BCUT2D eigenvalue weighted by Gasteiger charge is -2.06. The van der Waals surface area contributed by atoms with Crippen LogP contribution in [0, 0.1) is 0 Å². The van der Waals surface area contributed by atoms with Gasteiger partial charge in [-0.2, -0.15) is 0 Å². The van der Waals surface area contributed by atoms with Crippen LogP contribution >= 0.6 is 0 Å². The SMILES string of the molecule is CCCNC(=O)NCCc1ccc2cc[nH]c2c1. The number of hydrogen-bond acceptors (Lipinski definition) is 1. The van der Waals surface area contributed by atoms with Crippen molar-refractivity contribution < 1.29 is 4.79 Å². The van der Waals surface area contributed by atoms with E-state index in [4.69, 9.17) is 0 Å². The lowest BCUT2D eigenvalue weighted by atomic mass is 10.1. The van der Waals surface area contributed by atoms with Gasteiger partial charge in [0.05, 0.1) is 0 Å². The average Bonchev–Trinajstić information content (AvgIpc) is 2.83. The van der Waals surface area contributed by atoms with Crippen molar-refractivity contribution >= 4 is 16.9 Å². The molecule has 1 aromatic carbocycles. The van der Waals surface area contributed by atoms with E-state index in [1.165, 1.54) is 10.9 Å². The van der Waals surface area contributed by atoms with Gasteiger partial charge in [-0.15, -0.1) is 0 Å². The molecule has 2 aromatic rings. The van der Waals surface area contributed by atoms with Gasteiger partial charge in [0.25, 0.3) is 0 Å². The summed E-state index contributed by atoms with van der Waals surface area (Å²) in [6, 6.07) is 8.29. The second kappa shape index (κ2) is 6.10. The van der Waals surface area contributed by atoms with Crippen LogP contribution < -0.4 is 10.6 Å². The Balaban J connectivity index is 1.81. The first kappa shape index (κ1) is 12.5. The topological polar surface area (TPSA) is 56.9 Å². The number of hydrogen-bond donors (Lipinski definition) is 3. The maximum atomic E-state index is 11.3. The van der Waals surface area contributed by atoms with Crippen LogP contribution in [0.5, 0.6) is 0 Å². The van der Waals surface area contributed by atoms with E-state index in [0.29, 0.717) is 6.54 Å². The van der Waals surface area contributed by atoms with Crippen LogP contribution in [0.15, 0.2) is 30.5 Å². The van der Waals surface area contributed by atoms with Gasteiger partial charge >= 0.3 is 6.03 Å². The van der Waals surface area contributed by atoms with Crippen molar-refractivity contribution in [3.05, 3.63) is 36.0 Å². The maximum absolute atomic E-state index is 11.3. The van der Waals surface area contributed by atoms with Crippen molar-refractivity contribution in [2.45, 2.75) is 19.8 Å². The molecule has 0 radical (unpaired) electrons. The van der Waals surface area contributed by atoms with Gasteiger partial charge in [-0.05, 0) is 35.9 Å². The quantitative estimate of drug-likeness (QED) is 0.744. The minimum absolute atomic E-state index is 0.0854. The predicted molar refractivity (Wildman–Crippen MR) is 73.7 cm³/mol. The normalized spacial score (nSPS) is 10.5. The number of aromatic amines is 1. The first-order chi connectivity index (χ1) is 8.79. The van der Waals surface area contributed by atoms with Crippen molar-refractivity contribution in [3.63, 3.8) is 0 Å². The molecule has 1 heterocycles. The Labute approximate surface area is 107 Å². The fraction of sp³-hybridized carbons (Fsp3) is 0.357.